The van der Waals surface area contributed by atoms with Gasteiger partial charge in [0, 0.05) is 11.7 Å². The molecule has 0 saturated carbocycles. The fourth-order valence-electron chi connectivity index (χ4n) is 3.63. The van der Waals surface area contributed by atoms with Gasteiger partial charge >= 0.3 is 0 Å². The Balaban J connectivity index is 1.62. The van der Waals surface area contributed by atoms with Crippen molar-refractivity contribution < 1.29 is 14.3 Å². The molecule has 1 atom stereocenters. The van der Waals surface area contributed by atoms with Gasteiger partial charge in [-0.1, -0.05) is 37.3 Å². The van der Waals surface area contributed by atoms with Crippen molar-refractivity contribution in [3.8, 4) is 5.75 Å². The highest BCUT2D eigenvalue weighted by atomic mass is 16.5. The zero-order valence-electron chi connectivity index (χ0n) is 16.6. The lowest BCUT2D eigenvalue weighted by atomic mass is 10.1. The highest BCUT2D eigenvalue weighted by molar-refractivity contribution is 5.98. The van der Waals surface area contributed by atoms with Gasteiger partial charge in [-0.15, -0.1) is 0 Å². The highest BCUT2D eigenvalue weighted by Crippen LogP contribution is 2.31. The van der Waals surface area contributed by atoms with Crippen LogP contribution in [-0.4, -0.2) is 49.5 Å². The molecule has 0 fully saturated rings. The molecule has 28 heavy (non-hydrogen) atoms. The van der Waals surface area contributed by atoms with Gasteiger partial charge in [0.25, 0.3) is 0 Å². The van der Waals surface area contributed by atoms with Gasteiger partial charge in [0.2, 0.25) is 11.8 Å². The molecule has 0 unspecified atom stereocenters. The van der Waals surface area contributed by atoms with Crippen LogP contribution in [0.2, 0.25) is 0 Å². The van der Waals surface area contributed by atoms with E-state index in [9.17, 15) is 9.59 Å². The summed E-state index contributed by atoms with van der Waals surface area (Å²) in [4.78, 5) is 29.1. The van der Waals surface area contributed by atoms with Crippen LogP contribution in [0.5, 0.6) is 5.75 Å². The quantitative estimate of drug-likeness (QED) is 0.801. The molecule has 0 aliphatic carbocycles. The van der Waals surface area contributed by atoms with Gasteiger partial charge in [0.15, 0.2) is 0 Å². The van der Waals surface area contributed by atoms with Crippen molar-refractivity contribution in [3.63, 3.8) is 0 Å². The number of fused-ring (bicyclic) bond motifs is 1. The fourth-order valence-corrected chi connectivity index (χ4v) is 3.63. The summed E-state index contributed by atoms with van der Waals surface area (Å²) in [6, 6.07) is 15.4. The van der Waals surface area contributed by atoms with Crippen LogP contribution in [0.25, 0.3) is 0 Å². The van der Waals surface area contributed by atoms with Crippen LogP contribution in [-0.2, 0) is 16.0 Å². The molecule has 1 heterocycles. The minimum Gasteiger partial charge on any atom is -0.495 e. The molecule has 1 N–H and O–H groups in total. The number of hydrogen-bond donors (Lipinski definition) is 1. The first-order valence-electron chi connectivity index (χ1n) is 9.58. The maximum atomic E-state index is 13.0. The third kappa shape index (κ3) is 4.34. The van der Waals surface area contributed by atoms with E-state index in [4.69, 9.17) is 4.74 Å². The van der Waals surface area contributed by atoms with E-state index in [1.54, 1.807) is 19.2 Å². The van der Waals surface area contributed by atoms with Crippen molar-refractivity contribution in [2.24, 2.45) is 0 Å². The van der Waals surface area contributed by atoms with Crippen molar-refractivity contribution in [1.82, 2.24) is 4.90 Å². The summed E-state index contributed by atoms with van der Waals surface area (Å²) < 4.78 is 5.27. The number of ether oxygens (including phenoxy) is 1. The van der Waals surface area contributed by atoms with E-state index in [1.807, 2.05) is 47.1 Å². The minimum atomic E-state index is -0.172. The fraction of sp³-hybridized carbons (Fsp3) is 0.364. The number of likely N-dealkylation sites (N-methyl/N-ethyl adjacent to an activating group) is 1. The normalized spacial score (nSPS) is 15.4. The molecule has 0 saturated heterocycles. The van der Waals surface area contributed by atoms with Crippen molar-refractivity contribution >= 4 is 23.2 Å². The van der Waals surface area contributed by atoms with Gasteiger partial charge in [0.1, 0.15) is 5.75 Å². The van der Waals surface area contributed by atoms with E-state index in [0.29, 0.717) is 18.0 Å². The van der Waals surface area contributed by atoms with Crippen LogP contribution in [0.4, 0.5) is 11.4 Å². The number of amides is 2. The molecule has 0 radical (unpaired) electrons. The first-order valence-corrected chi connectivity index (χ1v) is 9.58. The average Bonchev–Trinajstić information content (AvgIpc) is 3.03. The predicted molar refractivity (Wildman–Crippen MR) is 111 cm³/mol. The third-order valence-electron chi connectivity index (χ3n) is 5.03. The summed E-state index contributed by atoms with van der Waals surface area (Å²) in [5.41, 5.74) is 2.80. The first-order chi connectivity index (χ1) is 13.5. The lowest BCUT2D eigenvalue weighted by Crippen LogP contribution is -2.45. The monoisotopic (exact) mass is 381 g/mol. The summed E-state index contributed by atoms with van der Waals surface area (Å²) in [5, 5.41) is 2.86. The maximum absolute atomic E-state index is 13.0. The third-order valence-corrected chi connectivity index (χ3v) is 5.03. The predicted octanol–water partition coefficient (Wildman–Crippen LogP) is 2.93. The lowest BCUT2D eigenvalue weighted by molar-refractivity contribution is -0.121. The van der Waals surface area contributed by atoms with Gasteiger partial charge in [-0.2, -0.15) is 0 Å². The van der Waals surface area contributed by atoms with Crippen LogP contribution >= 0.6 is 0 Å². The van der Waals surface area contributed by atoms with Gasteiger partial charge in [-0.25, -0.2) is 0 Å². The summed E-state index contributed by atoms with van der Waals surface area (Å²) in [7, 11) is 1.57. The number of methoxy groups -OCH3 is 1. The molecule has 6 nitrogen and oxygen atoms in total. The average molecular weight is 381 g/mol. The van der Waals surface area contributed by atoms with Gasteiger partial charge in [-0.05, 0) is 43.7 Å². The van der Waals surface area contributed by atoms with Crippen molar-refractivity contribution in [2.45, 2.75) is 26.3 Å². The molecule has 3 rings (SSSR count). The summed E-state index contributed by atoms with van der Waals surface area (Å²) in [6.07, 6.45) is 0.863. The topological polar surface area (TPSA) is 61.9 Å². The summed E-state index contributed by atoms with van der Waals surface area (Å²) in [6.45, 7) is 4.96. The Morgan fingerprint density at radius 3 is 2.61 bits per heavy atom. The Labute approximate surface area is 166 Å². The maximum Gasteiger partial charge on any atom is 0.241 e. The number of carbonyl (C=O) groups is 2. The first kappa shape index (κ1) is 19.9. The molecule has 2 aromatic rings. The molecule has 1 aliphatic heterocycles. The zero-order chi connectivity index (χ0) is 20.1. The van der Waals surface area contributed by atoms with Gasteiger partial charge in [-0.3, -0.25) is 14.5 Å². The van der Waals surface area contributed by atoms with Crippen LogP contribution in [0, 0.1) is 0 Å². The second-order valence-corrected chi connectivity index (χ2v) is 7.00. The second-order valence-electron chi connectivity index (χ2n) is 7.00. The van der Waals surface area contributed by atoms with Crippen molar-refractivity contribution in [1.29, 1.82) is 0 Å². The van der Waals surface area contributed by atoms with E-state index < -0.39 is 0 Å². The van der Waals surface area contributed by atoms with Crippen LogP contribution in [0.15, 0.2) is 48.5 Å². The molecule has 0 bridgehead atoms. The Kier molecular flexibility index (Phi) is 6.31. The zero-order valence-corrected chi connectivity index (χ0v) is 16.6. The van der Waals surface area contributed by atoms with E-state index in [1.165, 1.54) is 5.56 Å². The van der Waals surface area contributed by atoms with Crippen molar-refractivity contribution in [2.75, 3.05) is 37.0 Å². The molecule has 0 aromatic heterocycles. The Bertz CT molecular complexity index is 852. The number of nitrogens with one attached hydrogen (secondary N) is 1. The smallest absolute Gasteiger partial charge is 0.241 e. The number of hydrogen-bond acceptors (Lipinski definition) is 4. The van der Waals surface area contributed by atoms with Crippen LogP contribution < -0.4 is 15.0 Å². The van der Waals surface area contributed by atoms with Crippen LogP contribution in [0.1, 0.15) is 19.4 Å². The SMILES string of the molecule is CCN(CC(=O)Nc1ccccc1OC)CC(=O)N1c2ccccc2C[C@H]1C. The van der Waals surface area contributed by atoms with Gasteiger partial charge in [0.05, 0.1) is 25.9 Å². The van der Waals surface area contributed by atoms with E-state index in [0.717, 1.165) is 12.1 Å². The van der Waals surface area contributed by atoms with Crippen molar-refractivity contribution in [3.05, 3.63) is 54.1 Å². The lowest BCUT2D eigenvalue weighted by Gasteiger charge is -2.27. The molecule has 148 valence electrons. The molecular formula is C22H27N3O3. The number of anilines is 2. The van der Waals surface area contributed by atoms with E-state index in [-0.39, 0.29) is 30.9 Å². The second kappa shape index (κ2) is 8.89. The minimum absolute atomic E-state index is 0.0180. The number of rotatable bonds is 7. The van der Waals surface area contributed by atoms with E-state index in [2.05, 4.69) is 18.3 Å². The van der Waals surface area contributed by atoms with Crippen LogP contribution in [0.3, 0.4) is 0 Å². The Morgan fingerprint density at radius 1 is 1.14 bits per heavy atom. The molecular weight excluding hydrogens is 354 g/mol. The molecule has 6 heteroatoms. The molecule has 2 aromatic carbocycles. The molecule has 1 aliphatic rings. The molecule has 0 spiro atoms. The van der Waals surface area contributed by atoms with Gasteiger partial charge < -0.3 is 15.0 Å². The number of para-hydroxylation sites is 3. The Hall–Kier alpha value is -2.86. The summed E-state index contributed by atoms with van der Waals surface area (Å²) >= 11 is 0. The number of benzene rings is 2. The number of nitrogens with zero attached hydrogens (tertiary/aromatic N) is 2. The number of carbonyl (C=O) groups excluding carboxylic acids is 2. The molecule has 2 amide bonds. The summed E-state index contributed by atoms with van der Waals surface area (Å²) in [5.74, 6) is 0.455. The Morgan fingerprint density at radius 2 is 1.86 bits per heavy atom. The standard InChI is InChI=1S/C22H27N3O3/c1-4-24(14-21(26)23-18-10-6-8-12-20(18)28-3)15-22(27)25-16(2)13-17-9-5-7-11-19(17)25/h5-12,16H,4,13-15H2,1-3H3,(H,23,26)/t16-/m1/s1. The largest absolute Gasteiger partial charge is 0.495 e. The highest BCUT2D eigenvalue weighted by Gasteiger charge is 2.31. The van der Waals surface area contributed by atoms with E-state index >= 15 is 0 Å².